The van der Waals surface area contributed by atoms with Crippen LogP contribution >= 0.6 is 0 Å². The van der Waals surface area contributed by atoms with E-state index in [0.29, 0.717) is 5.82 Å². The van der Waals surface area contributed by atoms with Crippen LogP contribution in [0.15, 0.2) is 17.1 Å². The first-order valence-corrected chi connectivity index (χ1v) is 5.44. The van der Waals surface area contributed by atoms with E-state index in [1.165, 1.54) is 12.3 Å². The smallest absolute Gasteiger partial charge is 0.351 e. The lowest BCUT2D eigenvalue weighted by Crippen LogP contribution is -2.33. The van der Waals surface area contributed by atoms with E-state index in [1.54, 1.807) is 7.05 Å². The zero-order chi connectivity index (χ0) is 13.3. The normalized spacial score (nSPS) is 31.6. The van der Waals surface area contributed by atoms with E-state index < -0.39 is 36.9 Å². The molecular weight excluding hydrogens is 245 g/mol. The number of aromatic nitrogens is 2. The van der Waals surface area contributed by atoms with Crippen LogP contribution in [0.25, 0.3) is 0 Å². The topological polar surface area (TPSA) is 96.6 Å². The van der Waals surface area contributed by atoms with Gasteiger partial charge in [-0.15, -0.1) is 0 Å². The lowest BCUT2D eigenvalue weighted by Gasteiger charge is -2.15. The molecule has 1 aliphatic rings. The van der Waals surface area contributed by atoms with Gasteiger partial charge in [0.1, 0.15) is 18.0 Å². The molecule has 2 rings (SSSR count). The standard InChI is InChI=1S/C10H14FN3O4/c1-12-6-2-3-14(10(17)13-6)9-7(11)8(16)5(4-15)18-9/h2-3,5,7-9,15-16H,4H2,1H3,(H,12,13,17)/t5-,7+,8?,9-/m1/s1. The molecule has 0 amide bonds. The van der Waals surface area contributed by atoms with E-state index in [0.717, 1.165) is 4.57 Å². The molecule has 18 heavy (non-hydrogen) atoms. The molecule has 3 N–H and O–H groups in total. The second-order valence-corrected chi connectivity index (χ2v) is 3.94. The largest absolute Gasteiger partial charge is 0.394 e. The summed E-state index contributed by atoms with van der Waals surface area (Å²) < 4.78 is 19.8. The molecule has 4 atom stereocenters. The Kier molecular flexibility index (Phi) is 3.60. The van der Waals surface area contributed by atoms with Gasteiger partial charge in [0.2, 0.25) is 0 Å². The van der Waals surface area contributed by atoms with Gasteiger partial charge < -0.3 is 20.3 Å². The van der Waals surface area contributed by atoms with Crippen molar-refractivity contribution in [1.82, 2.24) is 9.55 Å². The van der Waals surface area contributed by atoms with Crippen LogP contribution in [0.3, 0.4) is 0 Å². The highest BCUT2D eigenvalue weighted by Crippen LogP contribution is 2.30. The number of alkyl halides is 1. The van der Waals surface area contributed by atoms with Crippen molar-refractivity contribution in [3.05, 3.63) is 22.7 Å². The van der Waals surface area contributed by atoms with Gasteiger partial charge in [-0.25, -0.2) is 9.18 Å². The highest BCUT2D eigenvalue weighted by atomic mass is 19.1. The lowest BCUT2D eigenvalue weighted by atomic mass is 10.1. The molecule has 1 aromatic rings. The summed E-state index contributed by atoms with van der Waals surface area (Å²) in [5.41, 5.74) is -0.694. The molecule has 0 spiro atoms. The molecule has 0 aliphatic carbocycles. The molecule has 7 nitrogen and oxygen atoms in total. The van der Waals surface area contributed by atoms with Crippen molar-refractivity contribution in [2.75, 3.05) is 19.0 Å². The van der Waals surface area contributed by atoms with Crippen molar-refractivity contribution in [1.29, 1.82) is 0 Å². The summed E-state index contributed by atoms with van der Waals surface area (Å²) in [6.07, 6.45) is -4.24. The maximum Gasteiger partial charge on any atom is 0.351 e. The van der Waals surface area contributed by atoms with Gasteiger partial charge in [0.15, 0.2) is 12.4 Å². The number of aliphatic hydroxyl groups is 2. The van der Waals surface area contributed by atoms with Crippen LogP contribution in [-0.2, 0) is 4.74 Å². The summed E-state index contributed by atoms with van der Waals surface area (Å²) in [5.74, 6) is 0.351. The molecule has 8 heteroatoms. The Balaban J connectivity index is 2.30. The molecule has 1 aliphatic heterocycles. The maximum absolute atomic E-state index is 13.8. The molecule has 0 bridgehead atoms. The Morgan fingerprint density at radius 1 is 1.67 bits per heavy atom. The molecule has 1 saturated heterocycles. The van der Waals surface area contributed by atoms with Gasteiger partial charge in [-0.1, -0.05) is 0 Å². The van der Waals surface area contributed by atoms with E-state index in [2.05, 4.69) is 10.3 Å². The van der Waals surface area contributed by atoms with E-state index in [1.807, 2.05) is 0 Å². The average molecular weight is 259 g/mol. The van der Waals surface area contributed by atoms with E-state index in [-0.39, 0.29) is 0 Å². The van der Waals surface area contributed by atoms with E-state index >= 15 is 0 Å². The Labute approximate surface area is 102 Å². The Bertz CT molecular complexity index is 480. The number of rotatable bonds is 3. The maximum atomic E-state index is 13.8. The minimum absolute atomic E-state index is 0.351. The number of ether oxygens (including phenoxy) is 1. The minimum atomic E-state index is -1.79. The monoisotopic (exact) mass is 259 g/mol. The van der Waals surface area contributed by atoms with Crippen LogP contribution in [0.1, 0.15) is 6.23 Å². The molecule has 0 saturated carbocycles. The molecule has 0 aromatic carbocycles. The number of halogens is 1. The van der Waals surface area contributed by atoms with Crippen molar-refractivity contribution in [2.45, 2.75) is 24.6 Å². The van der Waals surface area contributed by atoms with Crippen LogP contribution in [0.5, 0.6) is 0 Å². The summed E-state index contributed by atoms with van der Waals surface area (Å²) in [7, 11) is 1.60. The number of nitrogens with zero attached hydrogens (tertiary/aromatic N) is 2. The van der Waals surface area contributed by atoms with Gasteiger partial charge in [0.05, 0.1) is 6.61 Å². The van der Waals surface area contributed by atoms with E-state index in [4.69, 9.17) is 9.84 Å². The number of hydrogen-bond acceptors (Lipinski definition) is 6. The Morgan fingerprint density at radius 2 is 2.39 bits per heavy atom. The first kappa shape index (κ1) is 12.9. The van der Waals surface area contributed by atoms with Crippen molar-refractivity contribution < 1.29 is 19.3 Å². The van der Waals surface area contributed by atoms with Gasteiger partial charge in [0, 0.05) is 13.2 Å². The average Bonchev–Trinajstić information content (AvgIpc) is 2.66. The molecule has 0 radical (unpaired) electrons. The van der Waals surface area contributed by atoms with Crippen LogP contribution < -0.4 is 11.0 Å². The summed E-state index contributed by atoms with van der Waals surface area (Å²) in [4.78, 5) is 15.3. The number of aliphatic hydroxyl groups excluding tert-OH is 2. The van der Waals surface area contributed by atoms with Crippen LogP contribution in [0.2, 0.25) is 0 Å². The van der Waals surface area contributed by atoms with Gasteiger partial charge in [0.25, 0.3) is 0 Å². The fraction of sp³-hybridized carbons (Fsp3) is 0.600. The van der Waals surface area contributed by atoms with Crippen LogP contribution in [0, 0.1) is 0 Å². The third kappa shape index (κ3) is 2.09. The summed E-state index contributed by atoms with van der Waals surface area (Å²) in [5, 5.41) is 21.1. The number of nitrogens with one attached hydrogen (secondary N) is 1. The fourth-order valence-corrected chi connectivity index (χ4v) is 1.82. The Hall–Kier alpha value is -1.51. The second kappa shape index (κ2) is 5.01. The highest BCUT2D eigenvalue weighted by Gasteiger charge is 2.45. The summed E-state index contributed by atoms with van der Waals surface area (Å²) in [6.45, 7) is -0.519. The molecular formula is C10H14FN3O4. The molecule has 1 fully saturated rings. The third-order valence-corrected chi connectivity index (χ3v) is 2.83. The van der Waals surface area contributed by atoms with Crippen molar-refractivity contribution in [2.24, 2.45) is 0 Å². The second-order valence-electron chi connectivity index (χ2n) is 3.94. The minimum Gasteiger partial charge on any atom is -0.394 e. The summed E-state index contributed by atoms with van der Waals surface area (Å²) in [6, 6.07) is 1.48. The first-order valence-electron chi connectivity index (χ1n) is 5.44. The van der Waals surface area contributed by atoms with Crippen LogP contribution in [-0.4, -0.2) is 51.8 Å². The fourth-order valence-electron chi connectivity index (χ4n) is 1.82. The predicted octanol–water partition coefficient (Wildman–Crippen LogP) is -1.13. The zero-order valence-corrected chi connectivity index (χ0v) is 9.65. The van der Waals surface area contributed by atoms with E-state index in [9.17, 15) is 14.3 Å². The first-order chi connectivity index (χ1) is 8.58. The SMILES string of the molecule is CNc1ccn([C@@H]2O[C@H](CO)C(O)[C@@H]2F)c(=O)n1. The van der Waals surface area contributed by atoms with Gasteiger partial charge in [-0.3, -0.25) is 4.57 Å². The third-order valence-electron chi connectivity index (χ3n) is 2.83. The predicted molar refractivity (Wildman–Crippen MR) is 59.9 cm³/mol. The highest BCUT2D eigenvalue weighted by molar-refractivity contribution is 5.30. The molecule has 1 aromatic heterocycles. The van der Waals surface area contributed by atoms with Crippen molar-refractivity contribution >= 4 is 5.82 Å². The zero-order valence-electron chi connectivity index (χ0n) is 9.65. The van der Waals surface area contributed by atoms with Crippen molar-refractivity contribution in [3.8, 4) is 0 Å². The van der Waals surface area contributed by atoms with Crippen LogP contribution in [0.4, 0.5) is 10.2 Å². The molecule has 1 unspecified atom stereocenters. The molecule has 2 heterocycles. The quantitative estimate of drug-likeness (QED) is 0.636. The van der Waals surface area contributed by atoms with Gasteiger partial charge in [-0.2, -0.15) is 4.98 Å². The number of hydrogen-bond donors (Lipinski definition) is 3. The molecule has 100 valence electrons. The van der Waals surface area contributed by atoms with Gasteiger partial charge >= 0.3 is 5.69 Å². The van der Waals surface area contributed by atoms with Crippen molar-refractivity contribution in [3.63, 3.8) is 0 Å². The van der Waals surface area contributed by atoms with Gasteiger partial charge in [-0.05, 0) is 6.07 Å². The number of anilines is 1. The summed E-state index contributed by atoms with van der Waals surface area (Å²) >= 11 is 0. The Morgan fingerprint density at radius 3 is 2.89 bits per heavy atom. The lowest BCUT2D eigenvalue weighted by molar-refractivity contribution is -0.0490.